The first-order chi connectivity index (χ1) is 8.97. The van der Waals surface area contributed by atoms with Crippen molar-refractivity contribution in [2.45, 2.75) is 20.3 Å². The van der Waals surface area contributed by atoms with Crippen molar-refractivity contribution in [2.75, 3.05) is 0 Å². The van der Waals surface area contributed by atoms with Crippen LogP contribution in [0.4, 0.5) is 4.39 Å². The first kappa shape index (κ1) is 13.7. The summed E-state index contributed by atoms with van der Waals surface area (Å²) in [6.45, 7) is 3.64. The molecule has 0 amide bonds. The molecule has 0 aliphatic heterocycles. The molecule has 19 heavy (non-hydrogen) atoms. The molecule has 0 aliphatic carbocycles. The van der Waals surface area contributed by atoms with E-state index < -0.39 is 5.82 Å². The molecule has 2 nitrogen and oxygen atoms in total. The van der Waals surface area contributed by atoms with E-state index in [0.717, 1.165) is 11.4 Å². The minimum Gasteiger partial charge on any atom is -0.294 e. The molecule has 1 aromatic carbocycles. The van der Waals surface area contributed by atoms with Gasteiger partial charge in [-0.1, -0.05) is 17.7 Å². The van der Waals surface area contributed by atoms with Gasteiger partial charge in [0.25, 0.3) is 0 Å². The molecule has 4 heteroatoms. The maximum atomic E-state index is 13.6. The number of hydrogen-bond donors (Lipinski definition) is 0. The molecule has 2 rings (SSSR count). The number of carbonyl (C=O) groups excluding carboxylic acids is 1. The minimum absolute atomic E-state index is 0.0472. The Morgan fingerprint density at radius 2 is 1.89 bits per heavy atom. The van der Waals surface area contributed by atoms with Crippen LogP contribution in [0.1, 0.15) is 27.3 Å². The Morgan fingerprint density at radius 1 is 1.26 bits per heavy atom. The summed E-state index contributed by atoms with van der Waals surface area (Å²) in [5.41, 5.74) is 2.30. The third-order valence-corrected chi connectivity index (χ3v) is 3.16. The lowest BCUT2D eigenvalue weighted by Gasteiger charge is -2.06. The quantitative estimate of drug-likeness (QED) is 0.796. The van der Waals surface area contributed by atoms with Gasteiger partial charge in [-0.2, -0.15) is 0 Å². The maximum absolute atomic E-state index is 13.6. The summed E-state index contributed by atoms with van der Waals surface area (Å²) < 4.78 is 13.6. The molecule has 98 valence electrons. The average Bonchev–Trinajstić information content (AvgIpc) is 2.32. The normalized spacial score (nSPS) is 10.5. The van der Waals surface area contributed by atoms with Gasteiger partial charge >= 0.3 is 0 Å². The van der Waals surface area contributed by atoms with Crippen LogP contribution in [0.3, 0.4) is 0 Å². The van der Waals surface area contributed by atoms with Crippen LogP contribution in [-0.2, 0) is 6.42 Å². The van der Waals surface area contributed by atoms with Gasteiger partial charge < -0.3 is 0 Å². The fourth-order valence-corrected chi connectivity index (χ4v) is 2.19. The van der Waals surface area contributed by atoms with Crippen molar-refractivity contribution in [2.24, 2.45) is 0 Å². The predicted octanol–water partition coefficient (Wildman–Crippen LogP) is 3.92. The topological polar surface area (TPSA) is 30.0 Å². The monoisotopic (exact) mass is 277 g/mol. The molecule has 0 unspecified atom stereocenters. The van der Waals surface area contributed by atoms with Gasteiger partial charge in [-0.15, -0.1) is 0 Å². The van der Waals surface area contributed by atoms with E-state index in [4.69, 9.17) is 11.6 Å². The fraction of sp³-hybridized carbons (Fsp3) is 0.200. The molecule has 0 spiro atoms. The molecule has 2 aromatic rings. The van der Waals surface area contributed by atoms with Gasteiger partial charge in [0.05, 0.1) is 0 Å². The van der Waals surface area contributed by atoms with E-state index in [9.17, 15) is 9.18 Å². The Hall–Kier alpha value is -1.74. The summed E-state index contributed by atoms with van der Waals surface area (Å²) in [7, 11) is 0. The van der Waals surface area contributed by atoms with Gasteiger partial charge in [0.15, 0.2) is 5.78 Å². The number of halogens is 2. The molecule has 1 aromatic heterocycles. The van der Waals surface area contributed by atoms with Crippen molar-refractivity contribution >= 4 is 17.4 Å². The first-order valence-electron chi connectivity index (χ1n) is 5.89. The highest BCUT2D eigenvalue weighted by molar-refractivity contribution is 6.31. The smallest absolute Gasteiger partial charge is 0.167 e. The Labute approximate surface area is 116 Å². The van der Waals surface area contributed by atoms with Gasteiger partial charge in [-0.3, -0.25) is 9.78 Å². The average molecular weight is 278 g/mol. The van der Waals surface area contributed by atoms with E-state index in [0.29, 0.717) is 5.56 Å². The van der Waals surface area contributed by atoms with Crippen molar-refractivity contribution in [3.63, 3.8) is 0 Å². The Bertz CT molecular complexity index is 600. The summed E-state index contributed by atoms with van der Waals surface area (Å²) in [5.74, 6) is -0.621. The number of rotatable bonds is 3. The predicted molar refractivity (Wildman–Crippen MR) is 73.2 cm³/mol. The molecule has 0 saturated carbocycles. The highest BCUT2D eigenvalue weighted by atomic mass is 35.5. The lowest BCUT2D eigenvalue weighted by Crippen LogP contribution is -2.07. The van der Waals surface area contributed by atoms with Crippen LogP contribution in [0.5, 0.6) is 0 Å². The number of aromatic nitrogens is 1. The van der Waals surface area contributed by atoms with Gasteiger partial charge in [0.2, 0.25) is 0 Å². The number of aryl methyl sites for hydroxylation is 2. The highest BCUT2D eigenvalue weighted by Gasteiger charge is 2.14. The van der Waals surface area contributed by atoms with Crippen LogP contribution in [-0.4, -0.2) is 10.8 Å². The van der Waals surface area contributed by atoms with Crippen molar-refractivity contribution in [1.29, 1.82) is 0 Å². The molecule has 0 bridgehead atoms. The van der Waals surface area contributed by atoms with Crippen LogP contribution in [0.25, 0.3) is 0 Å². The SMILES string of the molecule is Cc1cc(C(=O)Cc2c(F)cccc2Cl)cc(C)n1. The fourth-order valence-electron chi connectivity index (χ4n) is 1.96. The van der Waals surface area contributed by atoms with Crippen molar-refractivity contribution < 1.29 is 9.18 Å². The largest absolute Gasteiger partial charge is 0.294 e. The third kappa shape index (κ3) is 3.18. The summed E-state index contributed by atoms with van der Waals surface area (Å²) >= 11 is 5.92. The van der Waals surface area contributed by atoms with E-state index in [1.165, 1.54) is 12.1 Å². The van der Waals surface area contributed by atoms with E-state index in [2.05, 4.69) is 4.98 Å². The molecule has 0 radical (unpaired) electrons. The molecular formula is C15H13ClFNO. The standard InChI is InChI=1S/C15H13ClFNO/c1-9-6-11(7-10(2)18-9)15(19)8-12-13(16)4-3-5-14(12)17/h3-7H,8H2,1-2H3. The first-order valence-corrected chi connectivity index (χ1v) is 6.26. The summed E-state index contributed by atoms with van der Waals surface area (Å²) in [5, 5.41) is 0.274. The number of ketones is 1. The Balaban J connectivity index is 2.31. The zero-order chi connectivity index (χ0) is 14.0. The van der Waals surface area contributed by atoms with E-state index in [1.54, 1.807) is 18.2 Å². The second kappa shape index (κ2) is 5.49. The lowest BCUT2D eigenvalue weighted by molar-refractivity contribution is 0.0991. The van der Waals surface area contributed by atoms with Crippen LogP contribution < -0.4 is 0 Å². The number of benzene rings is 1. The molecule has 0 saturated heterocycles. The lowest BCUT2D eigenvalue weighted by atomic mass is 10.0. The number of pyridine rings is 1. The van der Waals surface area contributed by atoms with E-state index in [-0.39, 0.29) is 22.8 Å². The van der Waals surface area contributed by atoms with Gasteiger partial charge in [0, 0.05) is 34.0 Å². The molecule has 1 heterocycles. The molecular weight excluding hydrogens is 265 g/mol. The van der Waals surface area contributed by atoms with Crippen molar-refractivity contribution in [3.05, 3.63) is 63.7 Å². The maximum Gasteiger partial charge on any atom is 0.167 e. The molecule has 0 atom stereocenters. The van der Waals surface area contributed by atoms with Crippen LogP contribution in [0.15, 0.2) is 30.3 Å². The Kier molecular flexibility index (Phi) is 3.96. The van der Waals surface area contributed by atoms with Crippen LogP contribution >= 0.6 is 11.6 Å². The number of hydrogen-bond acceptors (Lipinski definition) is 2. The second-order valence-electron chi connectivity index (χ2n) is 4.44. The van der Waals surface area contributed by atoms with E-state index >= 15 is 0 Å². The second-order valence-corrected chi connectivity index (χ2v) is 4.85. The van der Waals surface area contributed by atoms with E-state index in [1.807, 2.05) is 13.8 Å². The number of nitrogens with zero attached hydrogens (tertiary/aromatic N) is 1. The van der Waals surface area contributed by atoms with Crippen molar-refractivity contribution in [1.82, 2.24) is 4.98 Å². The Morgan fingerprint density at radius 3 is 2.47 bits per heavy atom. The molecule has 0 fully saturated rings. The van der Waals surface area contributed by atoms with Crippen LogP contribution in [0.2, 0.25) is 5.02 Å². The number of carbonyl (C=O) groups is 1. The summed E-state index contributed by atoms with van der Waals surface area (Å²) in [6.07, 6.45) is -0.0472. The van der Waals surface area contributed by atoms with Crippen LogP contribution in [0, 0.1) is 19.7 Å². The third-order valence-electron chi connectivity index (χ3n) is 2.80. The highest BCUT2D eigenvalue weighted by Crippen LogP contribution is 2.21. The number of Topliss-reactive ketones (excluding diaryl/α,β-unsaturated/α-hetero) is 1. The van der Waals surface area contributed by atoms with Crippen molar-refractivity contribution in [3.8, 4) is 0 Å². The molecule has 0 aliphatic rings. The van der Waals surface area contributed by atoms with Gasteiger partial charge in [0.1, 0.15) is 5.82 Å². The summed E-state index contributed by atoms with van der Waals surface area (Å²) in [6, 6.07) is 7.80. The zero-order valence-electron chi connectivity index (χ0n) is 10.7. The van der Waals surface area contributed by atoms with Gasteiger partial charge in [-0.05, 0) is 38.1 Å². The zero-order valence-corrected chi connectivity index (χ0v) is 11.5. The molecule has 0 N–H and O–H groups in total. The minimum atomic E-state index is -0.455. The summed E-state index contributed by atoms with van der Waals surface area (Å²) in [4.78, 5) is 16.4. The van der Waals surface area contributed by atoms with Gasteiger partial charge in [-0.25, -0.2) is 4.39 Å².